The summed E-state index contributed by atoms with van der Waals surface area (Å²) in [7, 11) is 0. The number of nitrogens with zero attached hydrogens (tertiary/aromatic N) is 6. The van der Waals surface area contributed by atoms with Crippen LogP contribution in [0.25, 0.3) is 5.69 Å². The SMILES string of the molecule is CCOc1ccc(-n2nnnc2CN2CCN(C(=O)COc3ccccc3)CC2)cc1. The maximum atomic E-state index is 12.4. The Morgan fingerprint density at radius 3 is 2.35 bits per heavy atom. The molecule has 1 fully saturated rings. The summed E-state index contributed by atoms with van der Waals surface area (Å²) >= 11 is 0. The molecule has 1 aromatic heterocycles. The van der Waals surface area contributed by atoms with Gasteiger partial charge in [0, 0.05) is 26.2 Å². The normalized spacial score (nSPS) is 14.4. The summed E-state index contributed by atoms with van der Waals surface area (Å²) in [6, 6.07) is 17.1. The fraction of sp³-hybridized carbons (Fsp3) is 0.364. The van der Waals surface area contributed by atoms with Crippen molar-refractivity contribution in [2.75, 3.05) is 39.4 Å². The Labute approximate surface area is 181 Å². The van der Waals surface area contributed by atoms with E-state index >= 15 is 0 Å². The van der Waals surface area contributed by atoms with Crippen LogP contribution in [0.5, 0.6) is 11.5 Å². The van der Waals surface area contributed by atoms with Crippen LogP contribution in [-0.4, -0.2) is 75.3 Å². The molecule has 1 aliphatic rings. The number of para-hydroxylation sites is 1. The van der Waals surface area contributed by atoms with E-state index in [1.54, 1.807) is 4.68 Å². The minimum absolute atomic E-state index is 0.00252. The van der Waals surface area contributed by atoms with Gasteiger partial charge in [0.2, 0.25) is 0 Å². The van der Waals surface area contributed by atoms with Gasteiger partial charge in [-0.2, -0.15) is 4.68 Å². The van der Waals surface area contributed by atoms with Gasteiger partial charge in [-0.3, -0.25) is 9.69 Å². The second-order valence-corrected chi connectivity index (χ2v) is 7.19. The van der Waals surface area contributed by atoms with Crippen molar-refractivity contribution in [3.8, 4) is 17.2 Å². The molecule has 9 heteroatoms. The smallest absolute Gasteiger partial charge is 0.260 e. The van der Waals surface area contributed by atoms with E-state index in [0.717, 1.165) is 30.4 Å². The van der Waals surface area contributed by atoms with Crippen molar-refractivity contribution < 1.29 is 14.3 Å². The highest BCUT2D eigenvalue weighted by molar-refractivity contribution is 5.77. The molecule has 0 spiro atoms. The van der Waals surface area contributed by atoms with E-state index < -0.39 is 0 Å². The van der Waals surface area contributed by atoms with Crippen molar-refractivity contribution in [2.45, 2.75) is 13.5 Å². The quantitative estimate of drug-likeness (QED) is 0.547. The summed E-state index contributed by atoms with van der Waals surface area (Å²) in [6.45, 7) is 6.08. The van der Waals surface area contributed by atoms with Gasteiger partial charge in [-0.1, -0.05) is 18.2 Å². The summed E-state index contributed by atoms with van der Waals surface area (Å²) in [5.41, 5.74) is 0.885. The predicted molar refractivity (Wildman–Crippen MR) is 114 cm³/mol. The molecule has 0 N–H and O–H groups in total. The van der Waals surface area contributed by atoms with Crippen molar-refractivity contribution in [2.24, 2.45) is 0 Å². The molecular formula is C22H26N6O3. The van der Waals surface area contributed by atoms with Crippen LogP contribution in [0, 0.1) is 0 Å². The maximum Gasteiger partial charge on any atom is 0.260 e. The van der Waals surface area contributed by atoms with Gasteiger partial charge in [-0.05, 0) is 53.7 Å². The van der Waals surface area contributed by atoms with Crippen LogP contribution in [0.15, 0.2) is 54.6 Å². The number of amides is 1. The monoisotopic (exact) mass is 422 g/mol. The molecule has 1 saturated heterocycles. The molecule has 0 radical (unpaired) electrons. The number of carbonyl (C=O) groups is 1. The summed E-state index contributed by atoms with van der Waals surface area (Å²) in [4.78, 5) is 16.5. The van der Waals surface area contributed by atoms with Gasteiger partial charge in [-0.15, -0.1) is 5.10 Å². The standard InChI is InChI=1S/C22H26N6O3/c1-2-30-20-10-8-18(9-11-20)28-21(23-24-25-28)16-26-12-14-27(15-13-26)22(29)17-31-19-6-4-3-5-7-19/h3-11H,2,12-17H2,1H3. The number of tetrazole rings is 1. The fourth-order valence-electron chi connectivity index (χ4n) is 3.46. The zero-order valence-corrected chi connectivity index (χ0v) is 17.6. The summed E-state index contributed by atoms with van der Waals surface area (Å²) in [6.07, 6.45) is 0. The topological polar surface area (TPSA) is 85.6 Å². The summed E-state index contributed by atoms with van der Waals surface area (Å²) in [5, 5.41) is 12.2. The number of hydrogen-bond acceptors (Lipinski definition) is 7. The van der Waals surface area contributed by atoms with Crippen LogP contribution in [0.3, 0.4) is 0 Å². The maximum absolute atomic E-state index is 12.4. The Morgan fingerprint density at radius 2 is 1.65 bits per heavy atom. The lowest BCUT2D eigenvalue weighted by Crippen LogP contribution is -2.49. The number of hydrogen-bond donors (Lipinski definition) is 0. The molecule has 0 atom stereocenters. The first-order valence-corrected chi connectivity index (χ1v) is 10.4. The minimum Gasteiger partial charge on any atom is -0.494 e. The van der Waals surface area contributed by atoms with Crippen molar-refractivity contribution >= 4 is 5.91 Å². The molecule has 0 unspecified atom stereocenters. The van der Waals surface area contributed by atoms with Crippen LogP contribution >= 0.6 is 0 Å². The second-order valence-electron chi connectivity index (χ2n) is 7.19. The largest absolute Gasteiger partial charge is 0.494 e. The minimum atomic E-state index is 0.00252. The van der Waals surface area contributed by atoms with Gasteiger partial charge >= 0.3 is 0 Å². The lowest BCUT2D eigenvalue weighted by atomic mass is 10.3. The Morgan fingerprint density at radius 1 is 0.935 bits per heavy atom. The van der Waals surface area contributed by atoms with Crippen LogP contribution in [0.1, 0.15) is 12.7 Å². The number of ether oxygens (including phenoxy) is 2. The Hall–Kier alpha value is -3.46. The molecular weight excluding hydrogens is 396 g/mol. The van der Waals surface area contributed by atoms with Crippen molar-refractivity contribution in [1.29, 1.82) is 0 Å². The van der Waals surface area contributed by atoms with Gasteiger partial charge in [0.15, 0.2) is 12.4 Å². The molecule has 0 bridgehead atoms. The zero-order chi connectivity index (χ0) is 21.5. The number of piperazine rings is 1. The fourth-order valence-corrected chi connectivity index (χ4v) is 3.46. The third-order valence-electron chi connectivity index (χ3n) is 5.12. The van der Waals surface area contributed by atoms with E-state index in [4.69, 9.17) is 9.47 Å². The van der Waals surface area contributed by atoms with Crippen LogP contribution < -0.4 is 9.47 Å². The van der Waals surface area contributed by atoms with Gasteiger partial charge in [0.1, 0.15) is 11.5 Å². The van der Waals surface area contributed by atoms with E-state index in [0.29, 0.717) is 32.0 Å². The highest BCUT2D eigenvalue weighted by Crippen LogP contribution is 2.16. The number of benzene rings is 2. The van der Waals surface area contributed by atoms with Crippen molar-refractivity contribution in [1.82, 2.24) is 30.0 Å². The molecule has 9 nitrogen and oxygen atoms in total. The molecule has 31 heavy (non-hydrogen) atoms. The molecule has 4 rings (SSSR count). The van der Waals surface area contributed by atoms with Crippen molar-refractivity contribution in [3.05, 3.63) is 60.4 Å². The molecule has 0 aliphatic carbocycles. The highest BCUT2D eigenvalue weighted by atomic mass is 16.5. The first kappa shape index (κ1) is 20.8. The number of carbonyl (C=O) groups excluding carboxylic acids is 1. The van der Waals surface area contributed by atoms with E-state index in [1.165, 1.54) is 0 Å². The molecule has 1 amide bonds. The van der Waals surface area contributed by atoms with E-state index in [2.05, 4.69) is 20.4 Å². The summed E-state index contributed by atoms with van der Waals surface area (Å²) < 4.78 is 12.8. The average Bonchev–Trinajstić information content (AvgIpc) is 3.27. The van der Waals surface area contributed by atoms with Crippen LogP contribution in [0.2, 0.25) is 0 Å². The van der Waals surface area contributed by atoms with E-state index in [-0.39, 0.29) is 12.5 Å². The molecule has 2 aromatic carbocycles. The zero-order valence-electron chi connectivity index (χ0n) is 17.6. The molecule has 1 aliphatic heterocycles. The first-order chi connectivity index (χ1) is 15.2. The van der Waals surface area contributed by atoms with Crippen LogP contribution in [0.4, 0.5) is 0 Å². The van der Waals surface area contributed by atoms with Gasteiger partial charge < -0.3 is 14.4 Å². The first-order valence-electron chi connectivity index (χ1n) is 10.4. The summed E-state index contributed by atoms with van der Waals surface area (Å²) in [5.74, 6) is 2.28. The number of aromatic nitrogens is 4. The molecule has 3 aromatic rings. The third-order valence-corrected chi connectivity index (χ3v) is 5.12. The average molecular weight is 422 g/mol. The van der Waals surface area contributed by atoms with Crippen LogP contribution in [-0.2, 0) is 11.3 Å². The van der Waals surface area contributed by atoms with Gasteiger partial charge in [0.25, 0.3) is 5.91 Å². The molecule has 2 heterocycles. The van der Waals surface area contributed by atoms with E-state index in [1.807, 2.05) is 66.4 Å². The lowest BCUT2D eigenvalue weighted by Gasteiger charge is -2.34. The third kappa shape index (κ3) is 5.37. The Balaban J connectivity index is 1.28. The van der Waals surface area contributed by atoms with Crippen molar-refractivity contribution in [3.63, 3.8) is 0 Å². The number of rotatable bonds is 8. The molecule has 162 valence electrons. The van der Waals surface area contributed by atoms with Gasteiger partial charge in [0.05, 0.1) is 18.8 Å². The Bertz CT molecular complexity index is 968. The van der Waals surface area contributed by atoms with E-state index in [9.17, 15) is 4.79 Å². The Kier molecular flexibility index (Phi) is 6.73. The lowest BCUT2D eigenvalue weighted by molar-refractivity contribution is -0.135. The highest BCUT2D eigenvalue weighted by Gasteiger charge is 2.23. The van der Waals surface area contributed by atoms with Gasteiger partial charge in [-0.25, -0.2) is 0 Å². The molecule has 0 saturated carbocycles. The predicted octanol–water partition coefficient (Wildman–Crippen LogP) is 1.78. The second kappa shape index (κ2) is 10.0.